The van der Waals surface area contributed by atoms with Crippen LogP contribution in [-0.2, 0) is 6.54 Å². The normalized spacial score (nSPS) is 10.3. The summed E-state index contributed by atoms with van der Waals surface area (Å²) in [6.45, 7) is 0.325. The number of aromatic nitrogens is 3. The van der Waals surface area contributed by atoms with Gasteiger partial charge in [-0.1, -0.05) is 17.7 Å². The lowest BCUT2D eigenvalue weighted by atomic mass is 10.2. The number of anilines is 3. The van der Waals surface area contributed by atoms with Crippen LogP contribution < -0.4 is 15.4 Å². The third-order valence-electron chi connectivity index (χ3n) is 3.60. The summed E-state index contributed by atoms with van der Waals surface area (Å²) in [5.74, 6) is 0.573. The van der Waals surface area contributed by atoms with Gasteiger partial charge in [0.05, 0.1) is 17.7 Å². The molecule has 0 aliphatic heterocycles. The molecular weight excluding hydrogens is 372 g/mol. The van der Waals surface area contributed by atoms with E-state index in [4.69, 9.17) is 16.3 Å². The largest absolute Gasteiger partial charge is 0.495 e. The van der Waals surface area contributed by atoms with E-state index < -0.39 is 4.92 Å². The molecule has 2 heterocycles. The van der Waals surface area contributed by atoms with Crippen molar-refractivity contribution >= 4 is 34.6 Å². The molecule has 0 spiro atoms. The highest BCUT2D eigenvalue weighted by Gasteiger charge is 2.24. The highest BCUT2D eigenvalue weighted by molar-refractivity contribution is 6.31. The van der Waals surface area contributed by atoms with E-state index in [1.165, 1.54) is 13.4 Å². The van der Waals surface area contributed by atoms with Crippen LogP contribution in [0.2, 0.25) is 5.02 Å². The van der Waals surface area contributed by atoms with Crippen LogP contribution >= 0.6 is 11.6 Å². The van der Waals surface area contributed by atoms with Crippen molar-refractivity contribution < 1.29 is 9.66 Å². The predicted octanol–water partition coefficient (Wildman–Crippen LogP) is 3.80. The molecule has 0 fully saturated rings. The lowest BCUT2D eigenvalue weighted by molar-refractivity contribution is -0.383. The molecule has 0 aliphatic carbocycles. The molecule has 0 bridgehead atoms. The molecule has 1 aromatic carbocycles. The van der Waals surface area contributed by atoms with Crippen LogP contribution in [0.15, 0.2) is 49.1 Å². The van der Waals surface area contributed by atoms with Gasteiger partial charge in [0.25, 0.3) is 0 Å². The molecule has 0 saturated heterocycles. The number of hydrogen-bond acceptors (Lipinski definition) is 8. The molecule has 3 rings (SSSR count). The minimum absolute atomic E-state index is 0.0178. The van der Waals surface area contributed by atoms with Gasteiger partial charge < -0.3 is 15.4 Å². The smallest absolute Gasteiger partial charge is 0.353 e. The molecule has 138 valence electrons. The van der Waals surface area contributed by atoms with Crippen molar-refractivity contribution in [1.82, 2.24) is 15.0 Å². The molecule has 9 nitrogen and oxygen atoms in total. The number of pyridine rings is 1. The third-order valence-corrected chi connectivity index (χ3v) is 3.84. The Balaban J connectivity index is 1.92. The Hall–Kier alpha value is -3.46. The Kier molecular flexibility index (Phi) is 5.62. The standard InChI is InChI=1S/C17H15ClN6O3/c1-27-14-5-4-12(18)7-13(14)23-17-15(24(25)26)16(21-10-22-17)20-9-11-3-2-6-19-8-11/h2-8,10H,9H2,1H3,(H2,20,21,22,23). The molecule has 0 unspecified atom stereocenters. The van der Waals surface area contributed by atoms with E-state index in [0.29, 0.717) is 23.0 Å². The monoisotopic (exact) mass is 386 g/mol. The maximum atomic E-state index is 11.6. The van der Waals surface area contributed by atoms with Crippen molar-refractivity contribution in [1.29, 1.82) is 0 Å². The van der Waals surface area contributed by atoms with E-state index in [1.54, 1.807) is 36.7 Å². The second kappa shape index (κ2) is 8.28. The number of ether oxygens (including phenoxy) is 1. The minimum Gasteiger partial charge on any atom is -0.495 e. The summed E-state index contributed by atoms with van der Waals surface area (Å²) in [5, 5.41) is 17.9. The van der Waals surface area contributed by atoms with Gasteiger partial charge in [-0.25, -0.2) is 9.97 Å². The Bertz CT molecular complexity index is 955. The van der Waals surface area contributed by atoms with Crippen LogP contribution in [0.5, 0.6) is 5.75 Å². The van der Waals surface area contributed by atoms with E-state index in [-0.39, 0.29) is 17.3 Å². The zero-order valence-electron chi connectivity index (χ0n) is 14.2. The highest BCUT2D eigenvalue weighted by atomic mass is 35.5. The molecule has 0 atom stereocenters. The molecule has 10 heteroatoms. The fourth-order valence-corrected chi connectivity index (χ4v) is 2.54. The van der Waals surface area contributed by atoms with Crippen LogP contribution in [0.4, 0.5) is 23.0 Å². The van der Waals surface area contributed by atoms with Gasteiger partial charge in [0.15, 0.2) is 0 Å². The maximum Gasteiger partial charge on any atom is 0.353 e. The van der Waals surface area contributed by atoms with Gasteiger partial charge in [-0.3, -0.25) is 15.1 Å². The molecule has 27 heavy (non-hydrogen) atoms. The number of methoxy groups -OCH3 is 1. The van der Waals surface area contributed by atoms with Crippen molar-refractivity contribution in [2.45, 2.75) is 6.54 Å². The fraction of sp³-hybridized carbons (Fsp3) is 0.118. The number of halogens is 1. The van der Waals surface area contributed by atoms with E-state index >= 15 is 0 Å². The van der Waals surface area contributed by atoms with Crippen molar-refractivity contribution in [3.05, 3.63) is 69.8 Å². The Morgan fingerprint density at radius 3 is 2.78 bits per heavy atom. The van der Waals surface area contributed by atoms with Crippen molar-refractivity contribution in [3.63, 3.8) is 0 Å². The summed E-state index contributed by atoms with van der Waals surface area (Å²) in [5.41, 5.74) is 1.02. The second-order valence-electron chi connectivity index (χ2n) is 5.36. The number of benzene rings is 1. The number of nitro groups is 1. The Morgan fingerprint density at radius 1 is 1.26 bits per heavy atom. The number of hydrogen-bond donors (Lipinski definition) is 2. The molecule has 0 aliphatic rings. The summed E-state index contributed by atoms with van der Waals surface area (Å²) in [6, 6.07) is 8.53. The fourth-order valence-electron chi connectivity index (χ4n) is 2.37. The van der Waals surface area contributed by atoms with E-state index in [2.05, 4.69) is 25.6 Å². The molecule has 0 saturated carbocycles. The zero-order valence-corrected chi connectivity index (χ0v) is 15.0. The summed E-state index contributed by atoms with van der Waals surface area (Å²) in [7, 11) is 1.49. The molecule has 3 aromatic rings. The van der Waals surface area contributed by atoms with Crippen LogP contribution in [0, 0.1) is 10.1 Å². The quantitative estimate of drug-likeness (QED) is 0.465. The minimum atomic E-state index is -0.551. The van der Waals surface area contributed by atoms with Gasteiger partial charge in [0, 0.05) is 24.0 Å². The van der Waals surface area contributed by atoms with E-state index in [0.717, 1.165) is 5.56 Å². The molecule has 0 radical (unpaired) electrons. The van der Waals surface area contributed by atoms with Gasteiger partial charge >= 0.3 is 5.69 Å². The van der Waals surface area contributed by atoms with Crippen molar-refractivity contribution in [2.75, 3.05) is 17.7 Å². The summed E-state index contributed by atoms with van der Waals surface area (Å²) in [4.78, 5) is 23.1. The van der Waals surface area contributed by atoms with E-state index in [9.17, 15) is 10.1 Å². The van der Waals surface area contributed by atoms with Gasteiger partial charge in [-0.05, 0) is 29.8 Å². The molecule has 2 aromatic heterocycles. The Morgan fingerprint density at radius 2 is 2.07 bits per heavy atom. The lowest BCUT2D eigenvalue weighted by Gasteiger charge is -2.12. The first-order chi connectivity index (χ1) is 13.1. The average molecular weight is 387 g/mol. The summed E-state index contributed by atoms with van der Waals surface area (Å²) >= 11 is 6.01. The zero-order chi connectivity index (χ0) is 19.2. The SMILES string of the molecule is COc1ccc(Cl)cc1Nc1ncnc(NCc2cccnc2)c1[N+](=O)[O-]. The number of nitrogens with one attached hydrogen (secondary N) is 2. The summed E-state index contributed by atoms with van der Waals surface area (Å²) in [6.07, 6.45) is 4.55. The van der Waals surface area contributed by atoms with E-state index in [1.807, 2.05) is 6.07 Å². The van der Waals surface area contributed by atoms with Gasteiger partial charge in [0.2, 0.25) is 11.6 Å². The van der Waals surface area contributed by atoms with Crippen LogP contribution in [0.25, 0.3) is 0 Å². The maximum absolute atomic E-state index is 11.6. The van der Waals surface area contributed by atoms with Crippen molar-refractivity contribution in [3.8, 4) is 5.75 Å². The van der Waals surface area contributed by atoms with Crippen molar-refractivity contribution in [2.24, 2.45) is 0 Å². The first kappa shape index (κ1) is 18.3. The number of nitrogens with zero attached hydrogens (tertiary/aromatic N) is 4. The first-order valence-electron chi connectivity index (χ1n) is 7.81. The van der Waals surface area contributed by atoms with Gasteiger partial charge in [-0.2, -0.15) is 0 Å². The lowest BCUT2D eigenvalue weighted by Crippen LogP contribution is -2.08. The van der Waals surface area contributed by atoms with Gasteiger partial charge in [0.1, 0.15) is 12.1 Å². The first-order valence-corrected chi connectivity index (χ1v) is 8.19. The molecular formula is C17H15ClN6O3. The Labute approximate surface area is 159 Å². The summed E-state index contributed by atoms with van der Waals surface area (Å²) < 4.78 is 5.25. The van der Waals surface area contributed by atoms with Gasteiger partial charge in [-0.15, -0.1) is 0 Å². The topological polar surface area (TPSA) is 115 Å². The average Bonchev–Trinajstić information content (AvgIpc) is 2.67. The van der Waals surface area contributed by atoms with Crippen LogP contribution in [-0.4, -0.2) is 27.0 Å². The highest BCUT2D eigenvalue weighted by Crippen LogP contribution is 2.35. The third kappa shape index (κ3) is 4.39. The van der Waals surface area contributed by atoms with Crippen LogP contribution in [0.1, 0.15) is 5.56 Å². The molecule has 0 amide bonds. The van der Waals surface area contributed by atoms with Crippen LogP contribution in [0.3, 0.4) is 0 Å². The number of rotatable bonds is 7. The molecule has 2 N–H and O–H groups in total. The second-order valence-corrected chi connectivity index (χ2v) is 5.80. The predicted molar refractivity (Wildman–Crippen MR) is 102 cm³/mol.